The highest BCUT2D eigenvalue weighted by Crippen LogP contribution is 2.30. The molecular formula is C31H36N4O5. The Labute approximate surface area is 235 Å². The van der Waals surface area contributed by atoms with E-state index in [2.05, 4.69) is 16.0 Å². The highest BCUT2D eigenvalue weighted by molar-refractivity contribution is 5.64. The van der Waals surface area contributed by atoms with Crippen LogP contribution in [-0.2, 0) is 15.9 Å². The Kier molecular flexibility index (Phi) is 9.80. The van der Waals surface area contributed by atoms with Gasteiger partial charge in [0, 0.05) is 50.7 Å². The number of hydrogen-bond acceptors (Lipinski definition) is 9. The number of nitriles is 1. The molecule has 0 amide bonds. The summed E-state index contributed by atoms with van der Waals surface area (Å²) in [6.07, 6.45) is 4.95. The molecule has 0 unspecified atom stereocenters. The summed E-state index contributed by atoms with van der Waals surface area (Å²) in [5.41, 5.74) is 3.12. The number of hydrogen-bond donors (Lipinski definition) is 0. The lowest BCUT2D eigenvalue weighted by molar-refractivity contribution is 0.0254. The van der Waals surface area contributed by atoms with Crippen molar-refractivity contribution in [1.29, 1.82) is 5.26 Å². The number of nitrogens with zero attached hydrogens (tertiary/aromatic N) is 4. The van der Waals surface area contributed by atoms with Crippen LogP contribution in [-0.4, -0.2) is 80.8 Å². The van der Waals surface area contributed by atoms with E-state index < -0.39 is 0 Å². The standard InChI is InChI=1S/C31H36N4O5/c1-36-29-5-3-23(19-30(29)39-14-2-11-35-12-17-38-18-13-35)20-31-33-10-7-27(34-31)24-4-6-28(25(21-24)22-32)40-26-8-15-37-16-9-26/h3-7,10,19,21,26H,2,8-9,11-18,20H2,1H3. The van der Waals surface area contributed by atoms with E-state index in [-0.39, 0.29) is 6.10 Å². The Balaban J connectivity index is 1.23. The van der Waals surface area contributed by atoms with E-state index in [1.807, 2.05) is 42.5 Å². The van der Waals surface area contributed by atoms with Gasteiger partial charge in [0.15, 0.2) is 11.5 Å². The lowest BCUT2D eigenvalue weighted by Gasteiger charge is -2.26. The maximum atomic E-state index is 9.76. The van der Waals surface area contributed by atoms with Gasteiger partial charge in [0.05, 0.1) is 51.4 Å². The van der Waals surface area contributed by atoms with Crippen LogP contribution >= 0.6 is 0 Å². The van der Waals surface area contributed by atoms with Crippen LogP contribution in [0.1, 0.15) is 36.2 Å². The van der Waals surface area contributed by atoms with E-state index in [1.54, 1.807) is 13.3 Å². The summed E-state index contributed by atoms with van der Waals surface area (Å²) >= 11 is 0. The number of rotatable bonds is 11. The second kappa shape index (κ2) is 14.1. The molecule has 40 heavy (non-hydrogen) atoms. The van der Waals surface area contributed by atoms with Crippen molar-refractivity contribution in [1.82, 2.24) is 14.9 Å². The molecule has 2 aliphatic heterocycles. The minimum absolute atomic E-state index is 0.0699. The molecule has 2 aromatic carbocycles. The van der Waals surface area contributed by atoms with Crippen LogP contribution in [0.15, 0.2) is 48.7 Å². The van der Waals surface area contributed by atoms with Crippen molar-refractivity contribution in [2.45, 2.75) is 31.8 Å². The van der Waals surface area contributed by atoms with Crippen LogP contribution in [0, 0.1) is 11.3 Å². The Hall–Kier alpha value is -3.71. The highest BCUT2D eigenvalue weighted by atomic mass is 16.5. The van der Waals surface area contributed by atoms with Gasteiger partial charge in [-0.1, -0.05) is 6.07 Å². The topological polar surface area (TPSA) is 99.0 Å². The zero-order valence-electron chi connectivity index (χ0n) is 23.0. The van der Waals surface area contributed by atoms with Crippen molar-refractivity contribution in [3.05, 3.63) is 65.6 Å². The number of ether oxygens (including phenoxy) is 5. The van der Waals surface area contributed by atoms with Gasteiger partial charge < -0.3 is 23.7 Å². The quantitative estimate of drug-likeness (QED) is 0.328. The summed E-state index contributed by atoms with van der Waals surface area (Å²) < 4.78 is 28.6. The van der Waals surface area contributed by atoms with Crippen molar-refractivity contribution >= 4 is 0 Å². The van der Waals surface area contributed by atoms with Crippen LogP contribution < -0.4 is 14.2 Å². The third-order valence-corrected chi connectivity index (χ3v) is 7.13. The van der Waals surface area contributed by atoms with Crippen molar-refractivity contribution in [2.75, 3.05) is 59.8 Å². The van der Waals surface area contributed by atoms with Crippen molar-refractivity contribution < 1.29 is 23.7 Å². The summed E-state index contributed by atoms with van der Waals surface area (Å²) in [6.45, 7) is 6.52. The highest BCUT2D eigenvalue weighted by Gasteiger charge is 2.18. The number of benzene rings is 2. The summed E-state index contributed by atoms with van der Waals surface area (Å²) in [7, 11) is 1.65. The van der Waals surface area contributed by atoms with Crippen LogP contribution in [0.2, 0.25) is 0 Å². The minimum Gasteiger partial charge on any atom is -0.493 e. The zero-order valence-corrected chi connectivity index (χ0v) is 23.0. The molecule has 2 saturated heterocycles. The van der Waals surface area contributed by atoms with Gasteiger partial charge in [-0.3, -0.25) is 4.90 Å². The first-order valence-corrected chi connectivity index (χ1v) is 13.9. The average molecular weight is 545 g/mol. The van der Waals surface area contributed by atoms with Gasteiger partial charge >= 0.3 is 0 Å². The summed E-state index contributed by atoms with van der Waals surface area (Å²) in [6, 6.07) is 15.7. The second-order valence-electron chi connectivity index (χ2n) is 9.93. The molecule has 1 aromatic heterocycles. The van der Waals surface area contributed by atoms with Crippen LogP contribution in [0.3, 0.4) is 0 Å². The maximum Gasteiger partial charge on any atom is 0.161 e. The van der Waals surface area contributed by atoms with E-state index in [1.165, 1.54) is 0 Å². The molecule has 9 heteroatoms. The van der Waals surface area contributed by atoms with Crippen LogP contribution in [0.25, 0.3) is 11.3 Å². The third kappa shape index (κ3) is 7.48. The monoisotopic (exact) mass is 544 g/mol. The van der Waals surface area contributed by atoms with E-state index >= 15 is 0 Å². The summed E-state index contributed by atoms with van der Waals surface area (Å²) in [5, 5.41) is 9.76. The molecule has 2 fully saturated rings. The number of aromatic nitrogens is 2. The fourth-order valence-corrected chi connectivity index (χ4v) is 4.92. The Morgan fingerprint density at radius 1 is 0.975 bits per heavy atom. The summed E-state index contributed by atoms with van der Waals surface area (Å²) in [4.78, 5) is 11.7. The molecule has 5 rings (SSSR count). The van der Waals surface area contributed by atoms with E-state index in [0.29, 0.717) is 49.1 Å². The normalized spacial score (nSPS) is 16.3. The van der Waals surface area contributed by atoms with Gasteiger partial charge in [0.2, 0.25) is 0 Å². The first-order chi connectivity index (χ1) is 19.7. The minimum atomic E-state index is 0.0699. The van der Waals surface area contributed by atoms with Gasteiger partial charge in [-0.2, -0.15) is 5.26 Å². The molecular weight excluding hydrogens is 508 g/mol. The number of morpholine rings is 1. The summed E-state index contributed by atoms with van der Waals surface area (Å²) in [5.74, 6) is 2.71. The Morgan fingerprint density at radius 2 is 1.77 bits per heavy atom. The van der Waals surface area contributed by atoms with Gasteiger partial charge in [-0.15, -0.1) is 0 Å². The molecule has 0 aliphatic carbocycles. The van der Waals surface area contributed by atoms with Gasteiger partial charge in [0.25, 0.3) is 0 Å². The fourth-order valence-electron chi connectivity index (χ4n) is 4.92. The van der Waals surface area contributed by atoms with E-state index in [4.69, 9.17) is 28.7 Å². The molecule has 2 aliphatic rings. The predicted octanol–water partition coefficient (Wildman–Crippen LogP) is 4.27. The smallest absolute Gasteiger partial charge is 0.161 e. The van der Waals surface area contributed by atoms with Gasteiger partial charge in [-0.05, 0) is 48.4 Å². The molecule has 0 radical (unpaired) electrons. The molecule has 0 spiro atoms. The van der Waals surface area contributed by atoms with E-state index in [9.17, 15) is 5.26 Å². The molecule has 0 N–H and O–H groups in total. The zero-order chi connectivity index (χ0) is 27.6. The predicted molar refractivity (Wildman–Crippen MR) is 150 cm³/mol. The van der Waals surface area contributed by atoms with Crippen LogP contribution in [0.5, 0.6) is 17.2 Å². The molecule has 9 nitrogen and oxygen atoms in total. The molecule has 0 bridgehead atoms. The third-order valence-electron chi connectivity index (χ3n) is 7.13. The van der Waals surface area contributed by atoms with E-state index in [0.717, 1.165) is 74.7 Å². The maximum absolute atomic E-state index is 9.76. The van der Waals surface area contributed by atoms with Gasteiger partial charge in [-0.25, -0.2) is 9.97 Å². The Bertz CT molecular complexity index is 1300. The Morgan fingerprint density at radius 3 is 2.58 bits per heavy atom. The SMILES string of the molecule is COc1ccc(Cc2nccc(-c3ccc(OC4CCOCC4)c(C#N)c3)n2)cc1OCCCN1CCOCC1. The second-order valence-corrected chi connectivity index (χ2v) is 9.93. The average Bonchev–Trinajstić information content (AvgIpc) is 3.01. The van der Waals surface area contributed by atoms with Crippen molar-refractivity contribution in [2.24, 2.45) is 0 Å². The lowest BCUT2D eigenvalue weighted by atomic mass is 10.1. The molecule has 3 aromatic rings. The van der Waals surface area contributed by atoms with Crippen molar-refractivity contribution in [3.63, 3.8) is 0 Å². The van der Waals surface area contributed by atoms with Gasteiger partial charge in [0.1, 0.15) is 23.7 Å². The molecule has 210 valence electrons. The number of methoxy groups -OCH3 is 1. The lowest BCUT2D eigenvalue weighted by Crippen LogP contribution is -2.37. The first-order valence-electron chi connectivity index (χ1n) is 13.9. The van der Waals surface area contributed by atoms with Crippen molar-refractivity contribution in [3.8, 4) is 34.6 Å². The fraction of sp³-hybridized carbons (Fsp3) is 0.452. The molecule has 0 atom stereocenters. The molecule has 0 saturated carbocycles. The van der Waals surface area contributed by atoms with Crippen LogP contribution in [0.4, 0.5) is 0 Å². The largest absolute Gasteiger partial charge is 0.493 e. The molecule has 3 heterocycles. The first kappa shape index (κ1) is 27.8.